The second kappa shape index (κ2) is 5.93. The van der Waals surface area contributed by atoms with Crippen LogP contribution in [0, 0.1) is 6.92 Å². The Labute approximate surface area is 117 Å². The van der Waals surface area contributed by atoms with E-state index in [2.05, 4.69) is 5.32 Å². The lowest BCUT2D eigenvalue weighted by Gasteiger charge is -2.04. The smallest absolute Gasteiger partial charge is 0.248 e. The maximum absolute atomic E-state index is 11.8. The van der Waals surface area contributed by atoms with Crippen LogP contribution in [0.25, 0.3) is 6.08 Å². The molecule has 2 aromatic rings. The van der Waals surface area contributed by atoms with Gasteiger partial charge in [0.1, 0.15) is 5.75 Å². The number of anilines is 2. The van der Waals surface area contributed by atoms with Crippen molar-refractivity contribution in [2.75, 3.05) is 11.1 Å². The first-order valence-electron chi connectivity index (χ1n) is 6.19. The summed E-state index contributed by atoms with van der Waals surface area (Å²) in [5.74, 6) is -0.0317. The van der Waals surface area contributed by atoms with Crippen molar-refractivity contribution in [1.82, 2.24) is 0 Å². The fraction of sp³-hybridized carbons (Fsp3) is 0.0625. The largest absolute Gasteiger partial charge is 0.508 e. The zero-order valence-corrected chi connectivity index (χ0v) is 11.1. The fourth-order valence-electron chi connectivity index (χ4n) is 1.75. The van der Waals surface area contributed by atoms with Crippen LogP contribution in [-0.4, -0.2) is 11.0 Å². The molecule has 0 aliphatic rings. The van der Waals surface area contributed by atoms with E-state index in [-0.39, 0.29) is 11.7 Å². The number of benzene rings is 2. The van der Waals surface area contributed by atoms with Crippen LogP contribution in [0.5, 0.6) is 5.75 Å². The van der Waals surface area contributed by atoms with Gasteiger partial charge in [-0.15, -0.1) is 0 Å². The van der Waals surface area contributed by atoms with Crippen molar-refractivity contribution in [3.8, 4) is 5.75 Å². The number of phenolic OH excluding ortho intramolecular Hbond substituents is 1. The predicted molar refractivity (Wildman–Crippen MR) is 81.4 cm³/mol. The molecule has 0 heterocycles. The Morgan fingerprint density at radius 1 is 1.25 bits per heavy atom. The van der Waals surface area contributed by atoms with Gasteiger partial charge in [-0.1, -0.05) is 12.1 Å². The quantitative estimate of drug-likeness (QED) is 0.455. The third-order valence-corrected chi connectivity index (χ3v) is 2.80. The molecule has 0 fully saturated rings. The molecule has 0 atom stereocenters. The van der Waals surface area contributed by atoms with Crippen molar-refractivity contribution in [2.24, 2.45) is 0 Å². The normalized spacial score (nSPS) is 10.7. The van der Waals surface area contributed by atoms with Crippen LogP contribution in [0.2, 0.25) is 0 Å². The van der Waals surface area contributed by atoms with Crippen molar-refractivity contribution < 1.29 is 9.90 Å². The highest BCUT2D eigenvalue weighted by atomic mass is 16.3. The van der Waals surface area contributed by atoms with E-state index in [4.69, 9.17) is 5.73 Å². The number of amides is 1. The van der Waals surface area contributed by atoms with Gasteiger partial charge in [0.15, 0.2) is 0 Å². The first-order chi connectivity index (χ1) is 9.54. The van der Waals surface area contributed by atoms with Gasteiger partial charge in [0.25, 0.3) is 0 Å². The summed E-state index contributed by atoms with van der Waals surface area (Å²) in [5, 5.41) is 12.1. The molecule has 20 heavy (non-hydrogen) atoms. The summed E-state index contributed by atoms with van der Waals surface area (Å²) in [5.41, 5.74) is 8.53. The number of phenols is 1. The SMILES string of the molecule is Cc1cc(NC(=O)/C=C/c2cccc(N)c2)ccc1O. The van der Waals surface area contributed by atoms with Crippen molar-refractivity contribution in [3.63, 3.8) is 0 Å². The minimum atomic E-state index is -0.238. The number of aryl methyl sites for hydroxylation is 1. The molecular weight excluding hydrogens is 252 g/mol. The molecule has 0 aliphatic carbocycles. The Balaban J connectivity index is 2.03. The summed E-state index contributed by atoms with van der Waals surface area (Å²) in [7, 11) is 0. The molecule has 0 radical (unpaired) electrons. The highest BCUT2D eigenvalue weighted by Gasteiger charge is 2.01. The molecule has 102 valence electrons. The molecule has 4 heteroatoms. The number of hydrogen-bond acceptors (Lipinski definition) is 3. The highest BCUT2D eigenvalue weighted by molar-refractivity contribution is 6.02. The van der Waals surface area contributed by atoms with E-state index in [1.54, 1.807) is 43.3 Å². The molecule has 0 spiro atoms. The Hall–Kier alpha value is -2.75. The van der Waals surface area contributed by atoms with Gasteiger partial charge in [0.05, 0.1) is 0 Å². The number of rotatable bonds is 3. The Bertz CT molecular complexity index is 663. The summed E-state index contributed by atoms with van der Waals surface area (Å²) >= 11 is 0. The molecular formula is C16H16N2O2. The van der Waals surface area contributed by atoms with E-state index in [0.717, 1.165) is 5.56 Å². The zero-order chi connectivity index (χ0) is 14.5. The van der Waals surface area contributed by atoms with Crippen LogP contribution < -0.4 is 11.1 Å². The number of aromatic hydroxyl groups is 1. The van der Waals surface area contributed by atoms with Crippen LogP contribution in [0.4, 0.5) is 11.4 Å². The standard InChI is InChI=1S/C16H16N2O2/c1-11-9-14(6-7-15(11)19)18-16(20)8-5-12-3-2-4-13(17)10-12/h2-10,19H,17H2,1H3,(H,18,20)/b8-5+. The van der Waals surface area contributed by atoms with Crippen molar-refractivity contribution in [1.29, 1.82) is 0 Å². The molecule has 0 aromatic heterocycles. The molecule has 0 saturated carbocycles. The third-order valence-electron chi connectivity index (χ3n) is 2.80. The molecule has 0 saturated heterocycles. The van der Waals surface area contributed by atoms with Crippen molar-refractivity contribution in [3.05, 3.63) is 59.7 Å². The lowest BCUT2D eigenvalue weighted by molar-refractivity contribution is -0.111. The minimum absolute atomic E-state index is 0.207. The molecule has 4 N–H and O–H groups in total. The van der Waals surface area contributed by atoms with Gasteiger partial charge in [-0.2, -0.15) is 0 Å². The van der Waals surface area contributed by atoms with Crippen molar-refractivity contribution in [2.45, 2.75) is 6.92 Å². The van der Waals surface area contributed by atoms with Crippen LogP contribution in [-0.2, 0) is 4.79 Å². The van der Waals surface area contributed by atoms with Gasteiger partial charge in [-0.3, -0.25) is 4.79 Å². The topological polar surface area (TPSA) is 75.4 Å². The number of nitrogen functional groups attached to an aromatic ring is 1. The first-order valence-corrected chi connectivity index (χ1v) is 6.19. The van der Waals surface area contributed by atoms with E-state index in [1.165, 1.54) is 6.08 Å². The van der Waals surface area contributed by atoms with Gasteiger partial charge in [-0.25, -0.2) is 0 Å². The lowest BCUT2D eigenvalue weighted by atomic mass is 10.2. The molecule has 0 bridgehead atoms. The van der Waals surface area contributed by atoms with Gasteiger partial charge in [0, 0.05) is 17.5 Å². The number of carbonyl (C=O) groups excluding carboxylic acids is 1. The average Bonchev–Trinajstić information content (AvgIpc) is 2.41. The Kier molecular flexibility index (Phi) is 4.05. The van der Waals surface area contributed by atoms with Crippen LogP contribution >= 0.6 is 0 Å². The molecule has 0 unspecified atom stereocenters. The summed E-state index contributed by atoms with van der Waals surface area (Å²) in [6.07, 6.45) is 3.13. The predicted octanol–water partition coefficient (Wildman–Crippen LogP) is 2.93. The number of hydrogen-bond donors (Lipinski definition) is 3. The Morgan fingerprint density at radius 3 is 2.75 bits per heavy atom. The molecule has 4 nitrogen and oxygen atoms in total. The molecule has 2 rings (SSSR count). The van der Waals surface area contributed by atoms with Gasteiger partial charge >= 0.3 is 0 Å². The second-order valence-electron chi connectivity index (χ2n) is 4.49. The molecule has 2 aromatic carbocycles. The first kappa shape index (κ1) is 13.7. The molecule has 1 amide bonds. The fourth-order valence-corrected chi connectivity index (χ4v) is 1.75. The van der Waals surface area contributed by atoms with Crippen LogP contribution in [0.15, 0.2) is 48.5 Å². The summed E-state index contributed by atoms with van der Waals surface area (Å²) in [4.78, 5) is 11.8. The Morgan fingerprint density at radius 2 is 2.05 bits per heavy atom. The summed E-state index contributed by atoms with van der Waals surface area (Å²) < 4.78 is 0. The van der Waals surface area contributed by atoms with E-state index >= 15 is 0 Å². The van der Waals surface area contributed by atoms with E-state index in [9.17, 15) is 9.90 Å². The monoisotopic (exact) mass is 268 g/mol. The number of nitrogens with two attached hydrogens (primary N) is 1. The minimum Gasteiger partial charge on any atom is -0.508 e. The third kappa shape index (κ3) is 3.62. The number of nitrogens with one attached hydrogen (secondary N) is 1. The highest BCUT2D eigenvalue weighted by Crippen LogP contribution is 2.20. The second-order valence-corrected chi connectivity index (χ2v) is 4.49. The summed E-state index contributed by atoms with van der Waals surface area (Å²) in [6.45, 7) is 1.77. The summed E-state index contributed by atoms with van der Waals surface area (Å²) in [6, 6.07) is 12.2. The van der Waals surface area contributed by atoms with E-state index in [0.29, 0.717) is 16.9 Å². The average molecular weight is 268 g/mol. The maximum Gasteiger partial charge on any atom is 0.248 e. The zero-order valence-electron chi connectivity index (χ0n) is 11.1. The van der Waals surface area contributed by atoms with Gasteiger partial charge in [0.2, 0.25) is 5.91 Å². The number of carbonyl (C=O) groups is 1. The molecule has 0 aliphatic heterocycles. The van der Waals surface area contributed by atoms with Gasteiger partial charge in [-0.05, 0) is 54.5 Å². The van der Waals surface area contributed by atoms with E-state index < -0.39 is 0 Å². The van der Waals surface area contributed by atoms with Crippen LogP contribution in [0.3, 0.4) is 0 Å². The lowest BCUT2D eigenvalue weighted by Crippen LogP contribution is -2.07. The van der Waals surface area contributed by atoms with Crippen molar-refractivity contribution >= 4 is 23.4 Å². The van der Waals surface area contributed by atoms with Crippen LogP contribution in [0.1, 0.15) is 11.1 Å². The maximum atomic E-state index is 11.8. The van der Waals surface area contributed by atoms with Gasteiger partial charge < -0.3 is 16.2 Å². The van der Waals surface area contributed by atoms with E-state index in [1.807, 2.05) is 12.1 Å².